The Morgan fingerprint density at radius 1 is 1.53 bits per heavy atom. The normalized spacial score (nSPS) is 10.3. The summed E-state index contributed by atoms with van der Waals surface area (Å²) in [5.41, 5.74) is 2.82. The van der Waals surface area contributed by atoms with Crippen molar-refractivity contribution in [2.75, 3.05) is 7.05 Å². The van der Waals surface area contributed by atoms with Crippen LogP contribution >= 0.6 is 27.3 Å². The van der Waals surface area contributed by atoms with E-state index < -0.39 is 0 Å². The summed E-state index contributed by atoms with van der Waals surface area (Å²) in [7, 11) is 1.48. The Labute approximate surface area is 121 Å². The van der Waals surface area contributed by atoms with Crippen molar-refractivity contribution in [2.24, 2.45) is 0 Å². The minimum atomic E-state index is -0.363. The van der Waals surface area contributed by atoms with Crippen molar-refractivity contribution in [1.29, 1.82) is 0 Å². The Kier molecular flexibility index (Phi) is 4.01. The minimum absolute atomic E-state index is 0.311. The topological polar surface area (TPSA) is 78.1 Å². The van der Waals surface area contributed by atoms with Crippen LogP contribution in [0.5, 0.6) is 0 Å². The highest BCUT2D eigenvalue weighted by Crippen LogP contribution is 2.26. The van der Waals surface area contributed by atoms with Gasteiger partial charge in [0.25, 0.3) is 11.8 Å². The lowest BCUT2D eigenvalue weighted by Crippen LogP contribution is -2.43. The van der Waals surface area contributed by atoms with Crippen molar-refractivity contribution in [3.63, 3.8) is 0 Å². The molecule has 0 aromatic carbocycles. The van der Waals surface area contributed by atoms with Gasteiger partial charge in [-0.1, -0.05) is 0 Å². The van der Waals surface area contributed by atoms with Gasteiger partial charge in [-0.05, 0) is 35.0 Å². The largest absolute Gasteiger partial charge is 0.290 e. The number of thiophene rings is 1. The van der Waals surface area contributed by atoms with E-state index >= 15 is 0 Å². The third kappa shape index (κ3) is 3.02. The lowest BCUT2D eigenvalue weighted by atomic mass is 10.4. The number of hydrazine groups is 1. The van der Waals surface area contributed by atoms with E-state index in [1.807, 2.05) is 6.92 Å². The van der Waals surface area contributed by atoms with Gasteiger partial charge in [-0.15, -0.1) is 11.3 Å². The maximum absolute atomic E-state index is 12.0. The second-order valence-corrected chi connectivity index (χ2v) is 5.90. The fourth-order valence-electron chi connectivity index (χ4n) is 1.39. The van der Waals surface area contributed by atoms with Gasteiger partial charge in [0.2, 0.25) is 0 Å². The van der Waals surface area contributed by atoms with Crippen LogP contribution < -0.4 is 5.43 Å². The number of amides is 2. The Bertz CT molecular complexity index is 589. The molecule has 0 saturated heterocycles. The second-order valence-electron chi connectivity index (χ2n) is 3.79. The van der Waals surface area contributed by atoms with Crippen molar-refractivity contribution >= 4 is 39.1 Å². The molecule has 2 N–H and O–H groups in total. The van der Waals surface area contributed by atoms with Crippen LogP contribution in [0.25, 0.3) is 0 Å². The van der Waals surface area contributed by atoms with E-state index in [0.29, 0.717) is 10.6 Å². The monoisotopic (exact) mass is 342 g/mol. The number of hydrogen-bond acceptors (Lipinski definition) is 4. The van der Waals surface area contributed by atoms with Crippen LogP contribution in [0.1, 0.15) is 25.0 Å². The standard InChI is InChI=1S/C11H11BrN4O2S/c1-6-7(12)5-9(19-6)10(17)15-16(2)11(18)8-3-4-13-14-8/h3-5H,1-2H3,(H,13,14)(H,15,17). The van der Waals surface area contributed by atoms with Crippen molar-refractivity contribution < 1.29 is 9.59 Å². The second kappa shape index (κ2) is 5.54. The molecule has 2 aromatic heterocycles. The SMILES string of the molecule is Cc1sc(C(=O)NN(C)C(=O)c2ccn[nH]2)cc1Br. The number of carbonyl (C=O) groups is 2. The average molecular weight is 343 g/mol. The lowest BCUT2D eigenvalue weighted by Gasteiger charge is -2.16. The molecule has 0 bridgehead atoms. The van der Waals surface area contributed by atoms with Crippen LogP contribution in [-0.2, 0) is 0 Å². The van der Waals surface area contributed by atoms with Gasteiger partial charge in [0, 0.05) is 22.6 Å². The molecule has 0 saturated carbocycles. The summed E-state index contributed by atoms with van der Waals surface area (Å²) in [6.07, 6.45) is 1.47. The zero-order valence-corrected chi connectivity index (χ0v) is 12.6. The number of carbonyl (C=O) groups excluding carboxylic acids is 2. The van der Waals surface area contributed by atoms with Crippen LogP contribution in [0.3, 0.4) is 0 Å². The van der Waals surface area contributed by atoms with E-state index in [-0.39, 0.29) is 11.8 Å². The third-order valence-corrected chi connectivity index (χ3v) is 4.52. The molecule has 0 spiro atoms. The fourth-order valence-corrected chi connectivity index (χ4v) is 2.81. The van der Waals surface area contributed by atoms with Crippen LogP contribution in [0.4, 0.5) is 0 Å². The Morgan fingerprint density at radius 3 is 2.79 bits per heavy atom. The van der Waals surface area contributed by atoms with E-state index in [2.05, 4.69) is 31.6 Å². The van der Waals surface area contributed by atoms with Gasteiger partial charge in [0.05, 0.1) is 4.88 Å². The van der Waals surface area contributed by atoms with Crippen LogP contribution in [0.15, 0.2) is 22.8 Å². The molecule has 0 unspecified atom stereocenters. The van der Waals surface area contributed by atoms with Crippen LogP contribution in [0.2, 0.25) is 0 Å². The van der Waals surface area contributed by atoms with Gasteiger partial charge >= 0.3 is 0 Å². The summed E-state index contributed by atoms with van der Waals surface area (Å²) in [6.45, 7) is 1.91. The van der Waals surface area contributed by atoms with Crippen molar-refractivity contribution in [3.05, 3.63) is 38.3 Å². The number of nitrogens with one attached hydrogen (secondary N) is 2. The van der Waals surface area contributed by atoms with Gasteiger partial charge in [0.1, 0.15) is 5.69 Å². The van der Waals surface area contributed by atoms with Gasteiger partial charge < -0.3 is 0 Å². The van der Waals surface area contributed by atoms with E-state index in [4.69, 9.17) is 0 Å². The van der Waals surface area contributed by atoms with Gasteiger partial charge in [-0.25, -0.2) is 0 Å². The first-order chi connectivity index (χ1) is 8.99. The molecule has 0 atom stereocenters. The van der Waals surface area contributed by atoms with Gasteiger partial charge in [-0.3, -0.25) is 25.1 Å². The van der Waals surface area contributed by atoms with E-state index in [1.165, 1.54) is 30.6 Å². The Balaban J connectivity index is 2.04. The quantitative estimate of drug-likeness (QED) is 0.819. The maximum atomic E-state index is 12.0. The number of halogens is 1. The molecule has 6 nitrogen and oxygen atoms in total. The molecular formula is C11H11BrN4O2S. The predicted molar refractivity (Wildman–Crippen MR) is 74.9 cm³/mol. The molecular weight excluding hydrogens is 332 g/mol. The Hall–Kier alpha value is -1.67. The van der Waals surface area contributed by atoms with Gasteiger partial charge in [0.15, 0.2) is 0 Å². The summed E-state index contributed by atoms with van der Waals surface area (Å²) in [6, 6.07) is 3.26. The molecule has 2 heterocycles. The lowest BCUT2D eigenvalue weighted by molar-refractivity contribution is 0.0634. The smallest absolute Gasteiger partial charge is 0.273 e. The number of rotatable bonds is 2. The van der Waals surface area contributed by atoms with E-state index in [0.717, 1.165) is 14.4 Å². The van der Waals surface area contributed by atoms with E-state index in [9.17, 15) is 9.59 Å². The first-order valence-electron chi connectivity index (χ1n) is 5.33. The number of H-pyrrole nitrogens is 1. The maximum Gasteiger partial charge on any atom is 0.290 e. The summed E-state index contributed by atoms with van der Waals surface area (Å²) >= 11 is 4.70. The number of aromatic nitrogens is 2. The number of hydrogen-bond donors (Lipinski definition) is 2. The molecule has 2 amide bonds. The van der Waals surface area contributed by atoms with Crippen molar-refractivity contribution in [1.82, 2.24) is 20.6 Å². The first kappa shape index (κ1) is 13.8. The molecule has 19 heavy (non-hydrogen) atoms. The number of aromatic amines is 1. The molecule has 0 aliphatic rings. The molecule has 0 aliphatic heterocycles. The van der Waals surface area contributed by atoms with E-state index in [1.54, 1.807) is 6.07 Å². The predicted octanol–water partition coefficient (Wildman–Crippen LogP) is 1.96. The molecule has 0 aliphatic carbocycles. The zero-order valence-electron chi connectivity index (χ0n) is 10.2. The highest BCUT2D eigenvalue weighted by molar-refractivity contribution is 9.10. The molecule has 8 heteroatoms. The molecule has 100 valence electrons. The molecule has 2 aromatic rings. The number of nitrogens with zero attached hydrogens (tertiary/aromatic N) is 2. The highest BCUT2D eigenvalue weighted by Gasteiger charge is 2.17. The fraction of sp³-hybridized carbons (Fsp3) is 0.182. The summed E-state index contributed by atoms with van der Waals surface area (Å²) in [5, 5.41) is 7.36. The Morgan fingerprint density at radius 2 is 2.26 bits per heavy atom. The molecule has 2 rings (SSSR count). The molecule has 0 fully saturated rings. The third-order valence-electron chi connectivity index (χ3n) is 2.39. The van der Waals surface area contributed by atoms with Gasteiger partial charge in [-0.2, -0.15) is 5.10 Å². The number of aryl methyl sites for hydroxylation is 1. The van der Waals surface area contributed by atoms with Crippen molar-refractivity contribution in [3.8, 4) is 0 Å². The van der Waals surface area contributed by atoms with Crippen LogP contribution in [-0.4, -0.2) is 34.1 Å². The van der Waals surface area contributed by atoms with Crippen molar-refractivity contribution in [2.45, 2.75) is 6.92 Å². The highest BCUT2D eigenvalue weighted by atomic mass is 79.9. The summed E-state index contributed by atoms with van der Waals surface area (Å²) < 4.78 is 0.880. The zero-order chi connectivity index (χ0) is 14.0. The first-order valence-corrected chi connectivity index (χ1v) is 6.94. The summed E-state index contributed by atoms with van der Waals surface area (Å²) in [5.74, 6) is -0.688. The summed E-state index contributed by atoms with van der Waals surface area (Å²) in [4.78, 5) is 25.4. The molecule has 0 radical (unpaired) electrons. The minimum Gasteiger partial charge on any atom is -0.273 e. The van der Waals surface area contributed by atoms with Crippen LogP contribution in [0, 0.1) is 6.92 Å². The average Bonchev–Trinajstić information content (AvgIpc) is 2.99.